The van der Waals surface area contributed by atoms with Gasteiger partial charge in [-0.1, -0.05) is 30.3 Å². The number of hydrogen-bond acceptors (Lipinski definition) is 2. The lowest BCUT2D eigenvalue weighted by Gasteiger charge is -2.16. The lowest BCUT2D eigenvalue weighted by molar-refractivity contribution is 0.0951. The number of carbonyl (C=O) groups excluding carboxylic acids is 1. The van der Waals surface area contributed by atoms with E-state index in [1.165, 1.54) is 23.8 Å². The number of amides is 1. The fourth-order valence-electron chi connectivity index (χ4n) is 2.29. The van der Waals surface area contributed by atoms with Crippen molar-refractivity contribution in [3.8, 4) is 0 Å². The largest absolute Gasteiger partial charge is 0.352 e. The Bertz CT molecular complexity index is 649. The lowest BCUT2D eigenvalue weighted by atomic mass is 10.2. The van der Waals surface area contributed by atoms with Crippen LogP contribution in [0.1, 0.15) is 22.3 Å². The van der Waals surface area contributed by atoms with Crippen LogP contribution in [0.15, 0.2) is 53.0 Å². The van der Waals surface area contributed by atoms with E-state index in [-0.39, 0.29) is 11.7 Å². The number of halogens is 2. The van der Waals surface area contributed by atoms with Crippen LogP contribution in [0.3, 0.4) is 0 Å². The lowest BCUT2D eigenvalue weighted by Crippen LogP contribution is -2.28. The fraction of sp³-hybridized carbons (Fsp3) is 0.278. The first kappa shape index (κ1) is 17.6. The summed E-state index contributed by atoms with van der Waals surface area (Å²) in [5.74, 6) is -0.557. The summed E-state index contributed by atoms with van der Waals surface area (Å²) >= 11 is 3.21. The predicted molar refractivity (Wildman–Crippen MR) is 93.8 cm³/mol. The number of nitrogens with zero attached hydrogens (tertiary/aromatic N) is 1. The molecular formula is C18H20BrFN2O. The Kier molecular flexibility index (Phi) is 6.74. The van der Waals surface area contributed by atoms with E-state index < -0.39 is 0 Å². The van der Waals surface area contributed by atoms with Gasteiger partial charge in [0.05, 0.1) is 5.56 Å². The van der Waals surface area contributed by atoms with Crippen molar-refractivity contribution in [3.05, 3.63) is 69.9 Å². The van der Waals surface area contributed by atoms with Crippen molar-refractivity contribution in [2.45, 2.75) is 13.0 Å². The van der Waals surface area contributed by atoms with Crippen molar-refractivity contribution in [1.82, 2.24) is 10.2 Å². The van der Waals surface area contributed by atoms with E-state index in [9.17, 15) is 9.18 Å². The Morgan fingerprint density at radius 1 is 1.22 bits per heavy atom. The van der Waals surface area contributed by atoms with Gasteiger partial charge in [0.1, 0.15) is 5.82 Å². The van der Waals surface area contributed by atoms with Crippen LogP contribution in [0, 0.1) is 5.82 Å². The molecule has 2 aromatic carbocycles. The number of carbonyl (C=O) groups is 1. The summed E-state index contributed by atoms with van der Waals surface area (Å²) in [5.41, 5.74) is 1.72. The van der Waals surface area contributed by atoms with E-state index >= 15 is 0 Å². The van der Waals surface area contributed by atoms with Crippen molar-refractivity contribution in [1.29, 1.82) is 0 Å². The molecule has 0 radical (unpaired) electrons. The van der Waals surface area contributed by atoms with E-state index in [0.29, 0.717) is 16.6 Å². The summed E-state index contributed by atoms with van der Waals surface area (Å²) in [6.07, 6.45) is 0.855. The van der Waals surface area contributed by atoms with Gasteiger partial charge in [-0.2, -0.15) is 0 Å². The Morgan fingerprint density at radius 3 is 2.65 bits per heavy atom. The molecule has 0 fully saturated rings. The molecule has 0 saturated carbocycles. The molecule has 0 heterocycles. The zero-order valence-electron chi connectivity index (χ0n) is 13.1. The molecule has 1 amide bonds. The molecule has 0 unspecified atom stereocenters. The Morgan fingerprint density at radius 2 is 1.96 bits per heavy atom. The predicted octanol–water partition coefficient (Wildman–Crippen LogP) is 3.84. The molecule has 0 aliphatic carbocycles. The van der Waals surface area contributed by atoms with Crippen molar-refractivity contribution in [3.63, 3.8) is 0 Å². The second-order valence-corrected chi connectivity index (χ2v) is 6.31. The first-order valence-electron chi connectivity index (χ1n) is 7.52. The molecule has 23 heavy (non-hydrogen) atoms. The van der Waals surface area contributed by atoms with Gasteiger partial charge in [-0.25, -0.2) is 4.39 Å². The third-order valence-electron chi connectivity index (χ3n) is 3.47. The van der Waals surface area contributed by atoms with Gasteiger partial charge in [0, 0.05) is 17.6 Å². The van der Waals surface area contributed by atoms with E-state index in [1.54, 1.807) is 0 Å². The van der Waals surface area contributed by atoms with Crippen LogP contribution in [-0.2, 0) is 6.54 Å². The molecule has 5 heteroatoms. The molecule has 2 aromatic rings. The summed E-state index contributed by atoms with van der Waals surface area (Å²) < 4.78 is 13.5. The smallest absolute Gasteiger partial charge is 0.252 e. The summed E-state index contributed by atoms with van der Waals surface area (Å²) in [4.78, 5) is 14.3. The SMILES string of the molecule is CN(CCCNC(=O)c1ccc(F)cc1Br)Cc1ccccc1. The van der Waals surface area contributed by atoms with Crippen LogP contribution in [0.25, 0.3) is 0 Å². The second kappa shape index (κ2) is 8.79. The molecule has 3 nitrogen and oxygen atoms in total. The monoisotopic (exact) mass is 378 g/mol. The van der Waals surface area contributed by atoms with Gasteiger partial charge in [-0.15, -0.1) is 0 Å². The first-order chi connectivity index (χ1) is 11.1. The number of rotatable bonds is 7. The van der Waals surface area contributed by atoms with Gasteiger partial charge in [-0.3, -0.25) is 4.79 Å². The fourth-order valence-corrected chi connectivity index (χ4v) is 2.82. The van der Waals surface area contributed by atoms with Crippen LogP contribution in [0.2, 0.25) is 0 Å². The minimum absolute atomic E-state index is 0.192. The topological polar surface area (TPSA) is 32.3 Å². The van der Waals surface area contributed by atoms with Crippen LogP contribution in [0.4, 0.5) is 4.39 Å². The van der Waals surface area contributed by atoms with Gasteiger partial charge < -0.3 is 10.2 Å². The normalized spacial score (nSPS) is 10.8. The highest BCUT2D eigenvalue weighted by molar-refractivity contribution is 9.10. The zero-order chi connectivity index (χ0) is 16.7. The van der Waals surface area contributed by atoms with Crippen LogP contribution >= 0.6 is 15.9 Å². The average molecular weight is 379 g/mol. The third kappa shape index (κ3) is 5.77. The Labute approximate surface area is 144 Å². The Balaban J connectivity index is 1.71. The average Bonchev–Trinajstić information content (AvgIpc) is 2.52. The molecule has 0 bridgehead atoms. The third-order valence-corrected chi connectivity index (χ3v) is 4.13. The van der Waals surface area contributed by atoms with Crippen LogP contribution < -0.4 is 5.32 Å². The standard InChI is InChI=1S/C18H20BrFN2O/c1-22(13-14-6-3-2-4-7-14)11-5-10-21-18(23)16-9-8-15(20)12-17(16)19/h2-4,6-9,12H,5,10-11,13H2,1H3,(H,21,23). The van der Waals surface area contributed by atoms with Gasteiger partial charge in [0.15, 0.2) is 0 Å². The molecule has 1 N–H and O–H groups in total. The van der Waals surface area contributed by atoms with Gasteiger partial charge in [0.2, 0.25) is 0 Å². The van der Waals surface area contributed by atoms with Crippen LogP contribution in [0.5, 0.6) is 0 Å². The summed E-state index contributed by atoms with van der Waals surface area (Å²) in [7, 11) is 2.06. The number of nitrogens with one attached hydrogen (secondary N) is 1. The highest BCUT2D eigenvalue weighted by Gasteiger charge is 2.10. The van der Waals surface area contributed by atoms with Crippen molar-refractivity contribution >= 4 is 21.8 Å². The summed E-state index contributed by atoms with van der Waals surface area (Å²) in [6.45, 7) is 2.36. The van der Waals surface area contributed by atoms with E-state index in [4.69, 9.17) is 0 Å². The summed E-state index contributed by atoms with van der Waals surface area (Å²) in [6, 6.07) is 14.3. The van der Waals surface area contributed by atoms with Gasteiger partial charge in [-0.05, 0) is 59.7 Å². The molecule has 0 aliphatic rings. The first-order valence-corrected chi connectivity index (χ1v) is 8.31. The van der Waals surface area contributed by atoms with Gasteiger partial charge in [0.25, 0.3) is 5.91 Å². The zero-order valence-corrected chi connectivity index (χ0v) is 14.6. The van der Waals surface area contributed by atoms with Crippen LogP contribution in [-0.4, -0.2) is 30.9 Å². The van der Waals surface area contributed by atoms with Crippen molar-refractivity contribution in [2.75, 3.05) is 20.1 Å². The molecule has 2 rings (SSSR count). The Hall–Kier alpha value is -1.72. The van der Waals surface area contributed by atoms with Crippen molar-refractivity contribution in [2.24, 2.45) is 0 Å². The van der Waals surface area contributed by atoms with E-state index in [2.05, 4.69) is 45.3 Å². The molecule has 0 aliphatic heterocycles. The molecule has 122 valence electrons. The van der Waals surface area contributed by atoms with E-state index in [0.717, 1.165) is 19.5 Å². The maximum Gasteiger partial charge on any atom is 0.252 e. The molecule has 0 atom stereocenters. The summed E-state index contributed by atoms with van der Waals surface area (Å²) in [5, 5.41) is 2.86. The molecule has 0 spiro atoms. The quantitative estimate of drug-likeness (QED) is 0.742. The van der Waals surface area contributed by atoms with Gasteiger partial charge >= 0.3 is 0 Å². The minimum Gasteiger partial charge on any atom is -0.352 e. The number of benzene rings is 2. The van der Waals surface area contributed by atoms with Crippen molar-refractivity contribution < 1.29 is 9.18 Å². The second-order valence-electron chi connectivity index (χ2n) is 5.46. The highest BCUT2D eigenvalue weighted by Crippen LogP contribution is 2.17. The maximum absolute atomic E-state index is 13.0. The highest BCUT2D eigenvalue weighted by atomic mass is 79.9. The molecule has 0 aromatic heterocycles. The minimum atomic E-state index is -0.365. The molecule has 0 saturated heterocycles. The van der Waals surface area contributed by atoms with E-state index in [1.807, 2.05) is 18.2 Å². The molecular weight excluding hydrogens is 359 g/mol. The number of hydrogen-bond donors (Lipinski definition) is 1. The maximum atomic E-state index is 13.0.